The molecule has 15 heteroatoms. The lowest BCUT2D eigenvalue weighted by atomic mass is 9.66. The molecule has 1 aromatic carbocycles. The first-order chi connectivity index (χ1) is 18.6. The number of carbonyl (C=O) groups excluding carboxylic acids is 4. The number of nitrogens with zero attached hydrogens (tertiary/aromatic N) is 4. The maximum Gasteiger partial charge on any atom is 0.414 e. The van der Waals surface area contributed by atoms with Gasteiger partial charge in [0, 0.05) is 26.2 Å². The standard InChI is InChI=1S/C24H24FN7O7/c1-10-9-32-16-12(7-24(18(32)11(2)37-10)20(33)28-22(35)29-21(24)34)6-14-17(15(16)25)39-30-19(14)38-23(36)26-8-13-4-5-27-31(13)3/h4-6,10-11,18H,7-9H2,1-3H3,(H,26,36)(H2,28,29,33,34,35)/t10-,11+,18-/m1/s1. The number of hydrogen-bond donors (Lipinski definition) is 3. The third-order valence-electron chi connectivity index (χ3n) is 7.46. The molecule has 0 bridgehead atoms. The van der Waals surface area contributed by atoms with E-state index >= 15 is 4.39 Å². The molecule has 5 heterocycles. The average molecular weight is 541 g/mol. The summed E-state index contributed by atoms with van der Waals surface area (Å²) < 4.78 is 34.1. The molecule has 2 aromatic heterocycles. The predicted octanol–water partition coefficient (Wildman–Crippen LogP) is 0.880. The monoisotopic (exact) mass is 541 g/mol. The number of amides is 5. The lowest BCUT2D eigenvalue weighted by molar-refractivity contribution is -0.153. The number of nitrogens with one attached hydrogen (secondary N) is 3. The van der Waals surface area contributed by atoms with E-state index in [4.69, 9.17) is 14.0 Å². The number of aryl methyl sites for hydroxylation is 1. The third kappa shape index (κ3) is 3.71. The van der Waals surface area contributed by atoms with E-state index in [0.29, 0.717) is 5.69 Å². The molecule has 39 heavy (non-hydrogen) atoms. The minimum absolute atomic E-state index is 0.0394. The van der Waals surface area contributed by atoms with Crippen LogP contribution in [0.2, 0.25) is 0 Å². The zero-order valence-electron chi connectivity index (χ0n) is 21.1. The molecule has 3 aliphatic rings. The number of carbonyl (C=O) groups is 4. The van der Waals surface area contributed by atoms with Crippen LogP contribution < -0.4 is 25.6 Å². The molecular weight excluding hydrogens is 517 g/mol. The number of imide groups is 2. The Hall–Kier alpha value is -4.53. The van der Waals surface area contributed by atoms with Crippen molar-refractivity contribution in [2.24, 2.45) is 12.5 Å². The van der Waals surface area contributed by atoms with Crippen molar-refractivity contribution in [1.29, 1.82) is 0 Å². The largest absolute Gasteiger partial charge is 0.414 e. The zero-order valence-corrected chi connectivity index (χ0v) is 21.1. The van der Waals surface area contributed by atoms with Gasteiger partial charge in [-0.05, 0) is 36.7 Å². The van der Waals surface area contributed by atoms with E-state index in [9.17, 15) is 19.2 Å². The van der Waals surface area contributed by atoms with Crippen molar-refractivity contribution in [2.75, 3.05) is 11.4 Å². The second-order valence-corrected chi connectivity index (χ2v) is 9.89. The molecule has 0 saturated carbocycles. The van der Waals surface area contributed by atoms with Crippen molar-refractivity contribution < 1.29 is 37.6 Å². The Morgan fingerprint density at radius 1 is 1.28 bits per heavy atom. The Balaban J connectivity index is 1.40. The Morgan fingerprint density at radius 2 is 2.03 bits per heavy atom. The lowest BCUT2D eigenvalue weighted by Crippen LogP contribution is -2.75. The summed E-state index contributed by atoms with van der Waals surface area (Å²) in [6, 6.07) is 1.35. The Bertz CT molecular complexity index is 1530. The number of aromatic nitrogens is 3. The molecule has 0 aliphatic carbocycles. The van der Waals surface area contributed by atoms with E-state index < -0.39 is 47.3 Å². The van der Waals surface area contributed by atoms with Gasteiger partial charge in [0.1, 0.15) is 0 Å². The SMILES string of the molecule is C[C@@H]1CN2c3c(cc4c(OC(=O)NCc5ccnn5C)noc4c3F)CC3(C(=O)NC(=O)NC3=O)[C@H]2[C@H](C)O1. The van der Waals surface area contributed by atoms with Crippen LogP contribution in [-0.2, 0) is 34.3 Å². The molecule has 1 spiro atoms. The molecule has 6 rings (SSSR count). The molecule has 204 valence electrons. The molecule has 0 unspecified atom stereocenters. The van der Waals surface area contributed by atoms with Gasteiger partial charge < -0.3 is 24.2 Å². The summed E-state index contributed by atoms with van der Waals surface area (Å²) in [7, 11) is 1.72. The predicted molar refractivity (Wildman–Crippen MR) is 129 cm³/mol. The lowest BCUT2D eigenvalue weighted by Gasteiger charge is -2.55. The van der Waals surface area contributed by atoms with E-state index in [-0.39, 0.29) is 53.7 Å². The number of benzene rings is 1. The number of hydrogen-bond acceptors (Lipinski definition) is 10. The van der Waals surface area contributed by atoms with E-state index in [1.54, 1.807) is 42.7 Å². The van der Waals surface area contributed by atoms with Gasteiger partial charge in [-0.15, -0.1) is 0 Å². The van der Waals surface area contributed by atoms with Gasteiger partial charge in [-0.1, -0.05) is 0 Å². The van der Waals surface area contributed by atoms with Gasteiger partial charge >= 0.3 is 12.1 Å². The highest BCUT2D eigenvalue weighted by molar-refractivity contribution is 6.20. The molecule has 2 saturated heterocycles. The Morgan fingerprint density at radius 3 is 2.72 bits per heavy atom. The molecular formula is C24H24FN7O7. The number of ether oxygens (including phenoxy) is 2. The number of urea groups is 1. The first kappa shape index (κ1) is 24.8. The van der Waals surface area contributed by atoms with Crippen molar-refractivity contribution >= 4 is 40.6 Å². The zero-order chi connectivity index (χ0) is 27.6. The molecule has 3 aliphatic heterocycles. The molecule has 2 fully saturated rings. The fourth-order valence-electron chi connectivity index (χ4n) is 5.86. The number of barbiturate groups is 1. The quantitative estimate of drug-likeness (QED) is 0.405. The fraction of sp³-hybridized carbons (Fsp3) is 0.417. The topological polar surface area (TPSA) is 170 Å². The van der Waals surface area contributed by atoms with Crippen molar-refractivity contribution in [3.05, 3.63) is 35.4 Å². The summed E-state index contributed by atoms with van der Waals surface area (Å²) in [5.41, 5.74) is -0.925. The smallest absolute Gasteiger partial charge is 0.387 e. The summed E-state index contributed by atoms with van der Waals surface area (Å²) in [5, 5.41) is 14.7. The fourth-order valence-corrected chi connectivity index (χ4v) is 5.86. The van der Waals surface area contributed by atoms with Gasteiger partial charge in [0.15, 0.2) is 11.2 Å². The Labute approximate surface area is 219 Å². The van der Waals surface area contributed by atoms with Gasteiger partial charge in [-0.2, -0.15) is 5.10 Å². The van der Waals surface area contributed by atoms with Crippen LogP contribution in [0.1, 0.15) is 25.1 Å². The highest BCUT2D eigenvalue weighted by atomic mass is 19.1. The van der Waals surface area contributed by atoms with Crippen LogP contribution in [0.5, 0.6) is 5.88 Å². The minimum Gasteiger partial charge on any atom is -0.387 e. The van der Waals surface area contributed by atoms with E-state index in [2.05, 4.69) is 26.2 Å². The minimum atomic E-state index is -1.79. The first-order valence-electron chi connectivity index (χ1n) is 12.2. The number of fused-ring (bicyclic) bond motifs is 5. The normalized spacial score (nSPS) is 23.7. The summed E-state index contributed by atoms with van der Waals surface area (Å²) in [6.07, 6.45) is -0.557. The van der Waals surface area contributed by atoms with Crippen LogP contribution >= 0.6 is 0 Å². The summed E-state index contributed by atoms with van der Waals surface area (Å²) in [5.74, 6) is -2.69. The maximum absolute atomic E-state index is 16.1. The molecule has 14 nitrogen and oxygen atoms in total. The molecule has 3 aromatic rings. The van der Waals surface area contributed by atoms with E-state index in [1.165, 1.54) is 6.07 Å². The second kappa shape index (κ2) is 8.76. The molecule has 3 N–H and O–H groups in total. The van der Waals surface area contributed by atoms with Gasteiger partial charge in [0.2, 0.25) is 17.4 Å². The first-order valence-corrected chi connectivity index (χ1v) is 12.2. The van der Waals surface area contributed by atoms with Crippen molar-refractivity contribution in [2.45, 2.75) is 45.1 Å². The maximum atomic E-state index is 16.1. The molecule has 5 amide bonds. The summed E-state index contributed by atoms with van der Waals surface area (Å²) in [4.78, 5) is 52.6. The third-order valence-corrected chi connectivity index (χ3v) is 7.46. The van der Waals surface area contributed by atoms with Gasteiger partial charge in [0.25, 0.3) is 5.88 Å². The molecule has 3 atom stereocenters. The number of halogens is 1. The number of morpholine rings is 1. The summed E-state index contributed by atoms with van der Waals surface area (Å²) >= 11 is 0. The van der Waals surface area contributed by atoms with Gasteiger partial charge in [-0.3, -0.25) is 24.9 Å². The second-order valence-electron chi connectivity index (χ2n) is 9.89. The van der Waals surface area contributed by atoms with E-state index in [0.717, 1.165) is 0 Å². The van der Waals surface area contributed by atoms with Crippen molar-refractivity contribution in [3.8, 4) is 5.88 Å². The number of rotatable bonds is 3. The van der Waals surface area contributed by atoms with Crippen LogP contribution in [0.15, 0.2) is 22.9 Å². The molecule has 0 radical (unpaired) electrons. The van der Waals surface area contributed by atoms with Crippen LogP contribution in [0.25, 0.3) is 11.0 Å². The summed E-state index contributed by atoms with van der Waals surface area (Å²) in [6.45, 7) is 3.76. The van der Waals surface area contributed by atoms with Crippen LogP contribution in [0.3, 0.4) is 0 Å². The van der Waals surface area contributed by atoms with Gasteiger partial charge in [0.05, 0.1) is 41.6 Å². The highest BCUT2D eigenvalue weighted by Gasteiger charge is 2.63. The highest BCUT2D eigenvalue weighted by Crippen LogP contribution is 2.49. The van der Waals surface area contributed by atoms with E-state index in [1.807, 2.05) is 0 Å². The van der Waals surface area contributed by atoms with Gasteiger partial charge in [-0.25, -0.2) is 14.0 Å². The van der Waals surface area contributed by atoms with Crippen molar-refractivity contribution in [1.82, 2.24) is 30.9 Å². The number of anilines is 1. The van der Waals surface area contributed by atoms with Crippen LogP contribution in [0, 0.1) is 11.2 Å². The van der Waals surface area contributed by atoms with Crippen molar-refractivity contribution in [3.63, 3.8) is 0 Å². The average Bonchev–Trinajstić information content (AvgIpc) is 3.46. The van der Waals surface area contributed by atoms with Crippen LogP contribution in [0.4, 0.5) is 19.7 Å². The Kier molecular flexibility index (Phi) is 5.57. The van der Waals surface area contributed by atoms with Crippen LogP contribution in [-0.4, -0.2) is 63.7 Å².